The topological polar surface area (TPSA) is 38.8 Å². The van der Waals surface area contributed by atoms with E-state index in [-0.39, 0.29) is 24.3 Å². The van der Waals surface area contributed by atoms with Crippen molar-refractivity contribution < 1.29 is 14.3 Å². The fraction of sp³-hybridized carbons (Fsp3) is 0.526. The van der Waals surface area contributed by atoms with E-state index in [4.69, 9.17) is 9.47 Å². The second kappa shape index (κ2) is 6.85. The molecule has 0 saturated carbocycles. The highest BCUT2D eigenvalue weighted by molar-refractivity contribution is 5.79. The first-order valence-electron chi connectivity index (χ1n) is 8.29. The van der Waals surface area contributed by atoms with Gasteiger partial charge >= 0.3 is 0 Å². The standard InChI is InChI=1S/C19H25NO3/c1-15-10-11-19(12-15)17(23-14-22-2)8-9-18(21)20(19)13-16-6-4-3-5-7-16/h3-7,12,17H,8-11,13-14H2,1-2H3/t17-,19+/m1/s1. The minimum Gasteiger partial charge on any atom is -0.359 e. The molecule has 1 amide bonds. The average Bonchev–Trinajstić information content (AvgIpc) is 2.94. The Labute approximate surface area is 138 Å². The van der Waals surface area contributed by atoms with Crippen LogP contribution in [0.15, 0.2) is 42.0 Å². The van der Waals surface area contributed by atoms with Crippen LogP contribution >= 0.6 is 0 Å². The molecular formula is C19H25NO3. The van der Waals surface area contributed by atoms with Crippen molar-refractivity contribution in [1.82, 2.24) is 4.90 Å². The van der Waals surface area contributed by atoms with Crippen LogP contribution in [0.4, 0.5) is 0 Å². The largest absolute Gasteiger partial charge is 0.359 e. The van der Waals surface area contributed by atoms with Gasteiger partial charge in [0.05, 0.1) is 11.6 Å². The summed E-state index contributed by atoms with van der Waals surface area (Å²) in [6, 6.07) is 10.2. The third-order valence-corrected chi connectivity index (χ3v) is 4.97. The molecule has 0 bridgehead atoms. The van der Waals surface area contributed by atoms with Crippen LogP contribution in [0.25, 0.3) is 0 Å². The zero-order chi connectivity index (χ0) is 16.3. The maximum atomic E-state index is 12.7. The molecule has 124 valence electrons. The van der Waals surface area contributed by atoms with Crippen LogP contribution in [0.5, 0.6) is 0 Å². The predicted molar refractivity (Wildman–Crippen MR) is 88.7 cm³/mol. The first-order valence-corrected chi connectivity index (χ1v) is 8.29. The number of nitrogens with zero attached hydrogens (tertiary/aromatic N) is 1. The van der Waals surface area contributed by atoms with Crippen LogP contribution in [0, 0.1) is 0 Å². The third kappa shape index (κ3) is 3.19. The van der Waals surface area contributed by atoms with Crippen molar-refractivity contribution in [2.45, 2.75) is 50.8 Å². The van der Waals surface area contributed by atoms with Gasteiger partial charge in [-0.15, -0.1) is 0 Å². The molecule has 1 aromatic rings. The number of piperidine rings is 1. The van der Waals surface area contributed by atoms with Crippen molar-refractivity contribution >= 4 is 5.91 Å². The molecule has 0 aromatic heterocycles. The number of likely N-dealkylation sites (tertiary alicyclic amines) is 1. The number of carbonyl (C=O) groups is 1. The van der Waals surface area contributed by atoms with Crippen LogP contribution < -0.4 is 0 Å². The Hall–Kier alpha value is -1.65. The normalized spacial score (nSPS) is 27.6. The van der Waals surface area contributed by atoms with E-state index in [9.17, 15) is 4.79 Å². The Kier molecular flexibility index (Phi) is 4.83. The monoisotopic (exact) mass is 315 g/mol. The van der Waals surface area contributed by atoms with Gasteiger partial charge in [-0.1, -0.05) is 42.0 Å². The van der Waals surface area contributed by atoms with Gasteiger partial charge in [-0.3, -0.25) is 4.79 Å². The molecule has 1 saturated heterocycles. The van der Waals surface area contributed by atoms with Gasteiger partial charge in [0.25, 0.3) is 0 Å². The molecule has 1 fully saturated rings. The smallest absolute Gasteiger partial charge is 0.223 e. The van der Waals surface area contributed by atoms with E-state index in [0.29, 0.717) is 13.0 Å². The summed E-state index contributed by atoms with van der Waals surface area (Å²) in [5.41, 5.74) is 2.17. The van der Waals surface area contributed by atoms with Gasteiger partial charge in [0.1, 0.15) is 6.79 Å². The fourth-order valence-electron chi connectivity index (χ4n) is 3.86. The van der Waals surface area contributed by atoms with Gasteiger partial charge in [-0.25, -0.2) is 0 Å². The highest BCUT2D eigenvalue weighted by atomic mass is 16.7. The average molecular weight is 315 g/mol. The van der Waals surface area contributed by atoms with Gasteiger partial charge in [-0.2, -0.15) is 0 Å². The minimum atomic E-state index is -0.326. The van der Waals surface area contributed by atoms with Crippen molar-refractivity contribution in [2.24, 2.45) is 0 Å². The van der Waals surface area contributed by atoms with E-state index in [2.05, 4.69) is 25.1 Å². The SMILES string of the molecule is COCO[C@@H]1CCC(=O)N(Cc2ccccc2)[C@@]12C=C(C)CC2. The lowest BCUT2D eigenvalue weighted by atomic mass is 9.82. The molecule has 1 aliphatic carbocycles. The molecule has 0 unspecified atom stereocenters. The molecule has 4 nitrogen and oxygen atoms in total. The van der Waals surface area contributed by atoms with Gasteiger partial charge in [0, 0.05) is 20.1 Å². The molecule has 2 aliphatic rings. The van der Waals surface area contributed by atoms with Crippen LogP contribution in [-0.4, -0.2) is 36.4 Å². The predicted octanol–water partition coefficient (Wildman–Crippen LogP) is 3.28. The maximum Gasteiger partial charge on any atom is 0.223 e. The zero-order valence-electron chi connectivity index (χ0n) is 14.0. The third-order valence-electron chi connectivity index (χ3n) is 4.97. The van der Waals surface area contributed by atoms with Crippen molar-refractivity contribution in [2.75, 3.05) is 13.9 Å². The summed E-state index contributed by atoms with van der Waals surface area (Å²) in [4.78, 5) is 14.7. The van der Waals surface area contributed by atoms with Gasteiger partial charge < -0.3 is 14.4 Å². The summed E-state index contributed by atoms with van der Waals surface area (Å²) in [5.74, 6) is 0.220. The van der Waals surface area contributed by atoms with E-state index in [0.717, 1.165) is 24.8 Å². The quantitative estimate of drug-likeness (QED) is 0.618. The van der Waals surface area contributed by atoms with Gasteiger partial charge in [0.2, 0.25) is 5.91 Å². The van der Waals surface area contributed by atoms with Crippen molar-refractivity contribution in [3.63, 3.8) is 0 Å². The minimum absolute atomic E-state index is 0.00122. The molecule has 1 spiro atoms. The Morgan fingerprint density at radius 2 is 2.04 bits per heavy atom. The number of benzene rings is 1. The summed E-state index contributed by atoms with van der Waals surface area (Å²) < 4.78 is 11.1. The zero-order valence-corrected chi connectivity index (χ0v) is 14.0. The molecule has 4 heteroatoms. The molecular weight excluding hydrogens is 290 g/mol. The van der Waals surface area contributed by atoms with Crippen molar-refractivity contribution in [3.8, 4) is 0 Å². The Morgan fingerprint density at radius 1 is 1.26 bits per heavy atom. The lowest BCUT2D eigenvalue weighted by molar-refractivity contribution is -0.165. The first kappa shape index (κ1) is 16.2. The lowest BCUT2D eigenvalue weighted by Gasteiger charge is -2.48. The maximum absolute atomic E-state index is 12.7. The molecule has 23 heavy (non-hydrogen) atoms. The number of carbonyl (C=O) groups excluding carboxylic acids is 1. The summed E-state index contributed by atoms with van der Waals surface area (Å²) in [6.07, 6.45) is 5.51. The van der Waals surface area contributed by atoms with E-state index in [1.54, 1.807) is 7.11 Å². The summed E-state index contributed by atoms with van der Waals surface area (Å²) in [6.45, 7) is 3.05. The van der Waals surface area contributed by atoms with E-state index in [1.807, 2.05) is 23.1 Å². The fourth-order valence-corrected chi connectivity index (χ4v) is 3.86. The number of amides is 1. The van der Waals surface area contributed by atoms with E-state index in [1.165, 1.54) is 5.57 Å². The van der Waals surface area contributed by atoms with Crippen LogP contribution in [0.3, 0.4) is 0 Å². The molecule has 2 atom stereocenters. The Bertz CT molecular complexity index is 584. The molecule has 1 heterocycles. The van der Waals surface area contributed by atoms with Crippen LogP contribution in [0.1, 0.15) is 38.2 Å². The number of rotatable bonds is 5. The Morgan fingerprint density at radius 3 is 2.70 bits per heavy atom. The van der Waals surface area contributed by atoms with Gasteiger partial charge in [0.15, 0.2) is 0 Å². The Balaban J connectivity index is 1.91. The molecule has 0 radical (unpaired) electrons. The second-order valence-corrected chi connectivity index (χ2v) is 6.55. The molecule has 1 aliphatic heterocycles. The number of ether oxygens (including phenoxy) is 2. The molecule has 1 aromatic carbocycles. The van der Waals surface area contributed by atoms with Crippen molar-refractivity contribution in [3.05, 3.63) is 47.5 Å². The van der Waals surface area contributed by atoms with Crippen LogP contribution in [0.2, 0.25) is 0 Å². The number of hydrogen-bond donors (Lipinski definition) is 0. The number of allylic oxidation sites excluding steroid dienone is 1. The van der Waals surface area contributed by atoms with E-state index < -0.39 is 0 Å². The first-order chi connectivity index (χ1) is 11.2. The molecule has 0 N–H and O–H groups in total. The van der Waals surface area contributed by atoms with E-state index >= 15 is 0 Å². The molecule has 3 rings (SSSR count). The summed E-state index contributed by atoms with van der Waals surface area (Å²) in [7, 11) is 1.64. The van der Waals surface area contributed by atoms with Crippen LogP contribution in [-0.2, 0) is 20.8 Å². The number of hydrogen-bond acceptors (Lipinski definition) is 3. The summed E-state index contributed by atoms with van der Waals surface area (Å²) >= 11 is 0. The highest BCUT2D eigenvalue weighted by Gasteiger charge is 2.50. The highest BCUT2D eigenvalue weighted by Crippen LogP contribution is 2.43. The number of methoxy groups -OCH3 is 1. The van der Waals surface area contributed by atoms with Gasteiger partial charge in [-0.05, 0) is 31.7 Å². The van der Waals surface area contributed by atoms with Crippen molar-refractivity contribution in [1.29, 1.82) is 0 Å². The lowest BCUT2D eigenvalue weighted by Crippen LogP contribution is -2.60. The second-order valence-electron chi connectivity index (χ2n) is 6.55. The summed E-state index contributed by atoms with van der Waals surface area (Å²) in [5, 5.41) is 0.